The van der Waals surface area contributed by atoms with E-state index in [2.05, 4.69) is 20.3 Å². The van der Waals surface area contributed by atoms with Gasteiger partial charge in [0.25, 0.3) is 0 Å². The van der Waals surface area contributed by atoms with Gasteiger partial charge in [0.05, 0.1) is 18.8 Å². The summed E-state index contributed by atoms with van der Waals surface area (Å²) in [5, 5.41) is 10.7. The number of aromatic nitrogens is 3. The molecule has 1 aliphatic heterocycles. The number of furan rings is 1. The molecule has 1 saturated carbocycles. The van der Waals surface area contributed by atoms with E-state index in [4.69, 9.17) is 8.94 Å². The highest BCUT2D eigenvalue weighted by atomic mass is 16.5. The molecule has 3 aromatic heterocycles. The number of aromatic amines is 1. The van der Waals surface area contributed by atoms with Crippen LogP contribution in [0.25, 0.3) is 11.5 Å². The van der Waals surface area contributed by atoms with Gasteiger partial charge >= 0.3 is 0 Å². The first kappa shape index (κ1) is 17.2. The van der Waals surface area contributed by atoms with E-state index in [9.17, 15) is 4.79 Å². The van der Waals surface area contributed by atoms with E-state index >= 15 is 0 Å². The quantitative estimate of drug-likeness (QED) is 0.704. The molecule has 4 heterocycles. The Balaban J connectivity index is 1.13. The first-order valence-electron chi connectivity index (χ1n) is 9.56. The van der Waals surface area contributed by atoms with E-state index < -0.39 is 0 Å². The molecule has 0 spiro atoms. The summed E-state index contributed by atoms with van der Waals surface area (Å²) in [6, 6.07) is 7.74. The molecule has 3 aromatic rings. The molecular weight excluding hydrogens is 358 g/mol. The Morgan fingerprint density at radius 2 is 2.11 bits per heavy atom. The Morgan fingerprint density at radius 1 is 1.29 bits per heavy atom. The number of carbonyl (C=O) groups excluding carboxylic acids is 1. The fourth-order valence-corrected chi connectivity index (χ4v) is 4.39. The smallest absolute Gasteiger partial charge is 0.226 e. The lowest BCUT2D eigenvalue weighted by atomic mass is 10.2. The minimum Gasteiger partial charge on any atom is -0.458 e. The van der Waals surface area contributed by atoms with E-state index in [-0.39, 0.29) is 11.8 Å². The number of aryl methyl sites for hydroxylation is 1. The molecule has 1 unspecified atom stereocenters. The highest BCUT2D eigenvalue weighted by Gasteiger charge is 2.59. The number of H-pyrrole nitrogens is 1. The summed E-state index contributed by atoms with van der Waals surface area (Å²) < 4.78 is 11.1. The van der Waals surface area contributed by atoms with Crippen molar-refractivity contribution >= 4 is 5.91 Å². The van der Waals surface area contributed by atoms with Gasteiger partial charge in [-0.3, -0.25) is 14.8 Å². The van der Waals surface area contributed by atoms with Crippen LogP contribution in [-0.4, -0.2) is 51.2 Å². The van der Waals surface area contributed by atoms with Crippen LogP contribution in [0.2, 0.25) is 0 Å². The zero-order chi connectivity index (χ0) is 19.3. The van der Waals surface area contributed by atoms with Gasteiger partial charge in [-0.05, 0) is 37.0 Å². The number of carbonyl (C=O) groups is 1. The van der Waals surface area contributed by atoms with Crippen molar-refractivity contribution in [3.8, 4) is 11.5 Å². The second-order valence-corrected chi connectivity index (χ2v) is 7.91. The van der Waals surface area contributed by atoms with E-state index in [1.807, 2.05) is 38.2 Å². The number of hydrogen-bond donors (Lipinski definition) is 1. The largest absolute Gasteiger partial charge is 0.458 e. The summed E-state index contributed by atoms with van der Waals surface area (Å²) in [4.78, 5) is 16.9. The van der Waals surface area contributed by atoms with Crippen LogP contribution in [0.15, 0.2) is 39.4 Å². The minimum atomic E-state index is 0.141. The SMILES string of the molecule is Cc1cc(CN(C)C(=O)C2[C@H]3CN(Cc4ccc(-c5ccn[nH]5)o4)C[C@@H]23)on1. The number of piperidine rings is 1. The fraction of sp³-hybridized carbons (Fsp3) is 0.450. The van der Waals surface area contributed by atoms with E-state index in [0.29, 0.717) is 18.4 Å². The van der Waals surface area contributed by atoms with Gasteiger partial charge in [-0.2, -0.15) is 5.10 Å². The molecule has 2 aliphatic rings. The van der Waals surface area contributed by atoms with Crippen LogP contribution < -0.4 is 0 Å². The lowest BCUT2D eigenvalue weighted by Gasteiger charge is -2.20. The molecule has 0 aromatic carbocycles. The van der Waals surface area contributed by atoms with Crippen molar-refractivity contribution in [1.29, 1.82) is 0 Å². The summed E-state index contributed by atoms with van der Waals surface area (Å²) in [7, 11) is 1.84. The number of fused-ring (bicyclic) bond motifs is 1. The van der Waals surface area contributed by atoms with Crippen LogP contribution >= 0.6 is 0 Å². The Morgan fingerprint density at radius 3 is 2.79 bits per heavy atom. The molecule has 2 fully saturated rings. The third kappa shape index (κ3) is 3.13. The fourth-order valence-electron chi connectivity index (χ4n) is 4.39. The van der Waals surface area contributed by atoms with Gasteiger partial charge in [-0.25, -0.2) is 0 Å². The number of nitrogens with one attached hydrogen (secondary N) is 1. The molecule has 1 amide bonds. The van der Waals surface area contributed by atoms with Gasteiger partial charge in [-0.1, -0.05) is 5.16 Å². The zero-order valence-corrected chi connectivity index (χ0v) is 16.0. The van der Waals surface area contributed by atoms with Crippen LogP contribution in [-0.2, 0) is 17.9 Å². The molecular formula is C20H23N5O3. The molecule has 5 rings (SSSR count). The topological polar surface area (TPSA) is 91.4 Å². The second kappa shape index (κ2) is 6.63. The normalized spacial score (nSPS) is 23.7. The van der Waals surface area contributed by atoms with Crippen molar-refractivity contribution in [3.05, 3.63) is 47.7 Å². The average Bonchev–Trinajstić information content (AvgIpc) is 3.27. The molecule has 0 bridgehead atoms. The lowest BCUT2D eigenvalue weighted by Crippen LogP contribution is -2.32. The van der Waals surface area contributed by atoms with Crippen LogP contribution in [0.3, 0.4) is 0 Å². The highest BCUT2D eigenvalue weighted by molar-refractivity contribution is 5.82. The van der Waals surface area contributed by atoms with E-state index in [0.717, 1.165) is 48.3 Å². The summed E-state index contributed by atoms with van der Waals surface area (Å²) in [6.07, 6.45) is 1.71. The zero-order valence-electron chi connectivity index (χ0n) is 16.0. The highest BCUT2D eigenvalue weighted by Crippen LogP contribution is 2.52. The Bertz CT molecular complexity index is 964. The molecule has 8 heteroatoms. The molecule has 0 radical (unpaired) electrons. The van der Waals surface area contributed by atoms with Gasteiger partial charge in [0, 0.05) is 38.3 Å². The van der Waals surface area contributed by atoms with Crippen LogP contribution in [0, 0.1) is 24.7 Å². The van der Waals surface area contributed by atoms with Crippen molar-refractivity contribution in [1.82, 2.24) is 25.2 Å². The Kier molecular flexibility index (Phi) is 4.08. The third-order valence-corrected chi connectivity index (χ3v) is 5.81. The maximum absolute atomic E-state index is 12.7. The van der Waals surface area contributed by atoms with Gasteiger partial charge in [0.15, 0.2) is 11.5 Å². The summed E-state index contributed by atoms with van der Waals surface area (Å²) in [5.74, 6) is 3.72. The predicted molar refractivity (Wildman–Crippen MR) is 99.8 cm³/mol. The molecule has 146 valence electrons. The van der Waals surface area contributed by atoms with Gasteiger partial charge < -0.3 is 13.8 Å². The monoisotopic (exact) mass is 381 g/mol. The molecule has 8 nitrogen and oxygen atoms in total. The van der Waals surface area contributed by atoms with Gasteiger partial charge in [0.1, 0.15) is 11.5 Å². The van der Waals surface area contributed by atoms with Crippen molar-refractivity contribution < 1.29 is 13.7 Å². The molecule has 1 N–H and O–H groups in total. The third-order valence-electron chi connectivity index (χ3n) is 5.81. The van der Waals surface area contributed by atoms with Crippen LogP contribution in [0.1, 0.15) is 17.2 Å². The maximum atomic E-state index is 12.7. The van der Waals surface area contributed by atoms with Crippen molar-refractivity contribution in [2.45, 2.75) is 20.0 Å². The Hall–Kier alpha value is -2.87. The number of rotatable bonds is 6. The van der Waals surface area contributed by atoms with Crippen LogP contribution in [0.4, 0.5) is 0 Å². The number of hydrogen-bond acceptors (Lipinski definition) is 6. The number of likely N-dealkylation sites (tertiary alicyclic amines) is 1. The first-order valence-corrected chi connectivity index (χ1v) is 9.56. The average molecular weight is 381 g/mol. The minimum absolute atomic E-state index is 0.141. The van der Waals surface area contributed by atoms with Crippen LogP contribution in [0.5, 0.6) is 0 Å². The number of nitrogens with zero attached hydrogens (tertiary/aromatic N) is 4. The second-order valence-electron chi connectivity index (χ2n) is 7.91. The summed E-state index contributed by atoms with van der Waals surface area (Å²) in [5.41, 5.74) is 1.72. The predicted octanol–water partition coefficient (Wildman–Crippen LogP) is 2.30. The summed E-state index contributed by atoms with van der Waals surface area (Å²) in [6.45, 7) is 5.01. The standard InChI is InChI=1S/C20H23N5O3/c1-12-7-14(28-23-12)8-24(2)20(26)19-15-10-25(11-16(15)19)9-13-3-4-18(27-13)17-5-6-21-22-17/h3-7,15-16,19H,8-11H2,1-2H3,(H,21,22)/t15-,16+,19?. The molecule has 28 heavy (non-hydrogen) atoms. The van der Waals surface area contributed by atoms with Crippen molar-refractivity contribution in [2.24, 2.45) is 17.8 Å². The van der Waals surface area contributed by atoms with Crippen molar-refractivity contribution in [2.75, 3.05) is 20.1 Å². The summed E-state index contributed by atoms with van der Waals surface area (Å²) >= 11 is 0. The van der Waals surface area contributed by atoms with Gasteiger partial charge in [-0.15, -0.1) is 0 Å². The van der Waals surface area contributed by atoms with E-state index in [1.165, 1.54) is 0 Å². The Labute approximate surface area is 162 Å². The van der Waals surface area contributed by atoms with Crippen molar-refractivity contribution in [3.63, 3.8) is 0 Å². The maximum Gasteiger partial charge on any atom is 0.226 e. The molecule has 1 aliphatic carbocycles. The molecule has 1 saturated heterocycles. The van der Waals surface area contributed by atoms with E-state index in [1.54, 1.807) is 11.1 Å². The molecule has 3 atom stereocenters. The first-order chi connectivity index (χ1) is 13.6. The van der Waals surface area contributed by atoms with Gasteiger partial charge in [0.2, 0.25) is 5.91 Å². The number of amides is 1. The lowest BCUT2D eigenvalue weighted by molar-refractivity contribution is -0.133.